The SMILES string of the molecule is O=C(NCc1ncccc1F)c1coc(CCNCCc2nc3cc4c(cc3n2CCN2CCOCC2)OCCO4)n1. The van der Waals surface area contributed by atoms with E-state index in [-0.39, 0.29) is 17.9 Å². The third-order valence-corrected chi connectivity index (χ3v) is 7.31. The minimum atomic E-state index is -0.473. The molecular weight excluding hydrogens is 545 g/mol. The fraction of sp³-hybridized carbons (Fsp3) is 0.448. The number of carbonyl (C=O) groups is 1. The van der Waals surface area contributed by atoms with Crippen molar-refractivity contribution in [2.24, 2.45) is 0 Å². The van der Waals surface area contributed by atoms with Gasteiger partial charge in [-0.15, -0.1) is 0 Å². The molecule has 5 heterocycles. The predicted octanol–water partition coefficient (Wildman–Crippen LogP) is 1.97. The number of amides is 1. The number of nitrogens with one attached hydrogen (secondary N) is 2. The molecule has 0 bridgehead atoms. The summed E-state index contributed by atoms with van der Waals surface area (Å²) in [6, 6.07) is 6.80. The molecule has 6 rings (SSSR count). The largest absolute Gasteiger partial charge is 0.486 e. The molecule has 0 spiro atoms. The van der Waals surface area contributed by atoms with E-state index in [1.54, 1.807) is 0 Å². The molecule has 2 aliphatic heterocycles. The van der Waals surface area contributed by atoms with Crippen LogP contribution in [-0.2, 0) is 30.7 Å². The third-order valence-electron chi connectivity index (χ3n) is 7.31. The molecule has 2 N–H and O–H groups in total. The van der Waals surface area contributed by atoms with Gasteiger partial charge in [-0.2, -0.15) is 0 Å². The number of benzene rings is 1. The van der Waals surface area contributed by atoms with Crippen molar-refractivity contribution in [2.75, 3.05) is 59.2 Å². The number of ether oxygens (including phenoxy) is 3. The highest BCUT2D eigenvalue weighted by atomic mass is 19.1. The second-order valence-corrected chi connectivity index (χ2v) is 10.1. The van der Waals surface area contributed by atoms with E-state index in [0.29, 0.717) is 38.6 Å². The van der Waals surface area contributed by atoms with E-state index in [4.69, 9.17) is 23.6 Å². The van der Waals surface area contributed by atoms with Crippen molar-refractivity contribution in [3.63, 3.8) is 0 Å². The normalized spacial score (nSPS) is 15.3. The fourth-order valence-corrected chi connectivity index (χ4v) is 5.07. The minimum absolute atomic E-state index is 0.0326. The van der Waals surface area contributed by atoms with Crippen molar-refractivity contribution in [2.45, 2.75) is 25.9 Å². The van der Waals surface area contributed by atoms with Crippen molar-refractivity contribution in [3.05, 3.63) is 65.6 Å². The number of imidazole rings is 1. The van der Waals surface area contributed by atoms with Crippen LogP contribution in [0.2, 0.25) is 0 Å². The zero-order valence-corrected chi connectivity index (χ0v) is 23.3. The van der Waals surface area contributed by atoms with Crippen molar-refractivity contribution < 1.29 is 27.8 Å². The number of aromatic nitrogens is 4. The molecule has 0 unspecified atom stereocenters. The molecule has 3 aromatic heterocycles. The molecule has 1 amide bonds. The molecule has 12 nitrogen and oxygen atoms in total. The lowest BCUT2D eigenvalue weighted by Gasteiger charge is -2.27. The molecule has 0 radical (unpaired) electrons. The topological polar surface area (TPSA) is 129 Å². The fourth-order valence-electron chi connectivity index (χ4n) is 5.07. The van der Waals surface area contributed by atoms with E-state index in [0.717, 1.165) is 74.2 Å². The number of oxazole rings is 1. The van der Waals surface area contributed by atoms with Crippen LogP contribution in [0.1, 0.15) is 27.9 Å². The van der Waals surface area contributed by atoms with E-state index in [9.17, 15) is 9.18 Å². The Morgan fingerprint density at radius 3 is 2.64 bits per heavy atom. The van der Waals surface area contributed by atoms with E-state index in [2.05, 4.69) is 30.1 Å². The van der Waals surface area contributed by atoms with Crippen LogP contribution in [0.3, 0.4) is 0 Å². The Hall–Kier alpha value is -4.07. The number of rotatable bonds is 12. The lowest BCUT2D eigenvalue weighted by molar-refractivity contribution is 0.0364. The van der Waals surface area contributed by atoms with Crippen LogP contribution in [0.4, 0.5) is 4.39 Å². The van der Waals surface area contributed by atoms with Gasteiger partial charge in [0, 0.05) is 70.4 Å². The molecule has 0 atom stereocenters. The summed E-state index contributed by atoms with van der Waals surface area (Å²) < 4.78 is 38.6. The van der Waals surface area contributed by atoms with E-state index in [1.807, 2.05) is 12.1 Å². The van der Waals surface area contributed by atoms with Gasteiger partial charge in [0.05, 0.1) is 36.5 Å². The number of carbonyl (C=O) groups excluding carboxylic acids is 1. The van der Waals surface area contributed by atoms with Crippen LogP contribution in [-0.4, -0.2) is 89.5 Å². The van der Waals surface area contributed by atoms with Gasteiger partial charge in [-0.3, -0.25) is 14.7 Å². The summed E-state index contributed by atoms with van der Waals surface area (Å²) in [7, 11) is 0. The average Bonchev–Trinajstić information content (AvgIpc) is 3.63. The maximum absolute atomic E-state index is 13.7. The van der Waals surface area contributed by atoms with Crippen LogP contribution >= 0.6 is 0 Å². The van der Waals surface area contributed by atoms with Gasteiger partial charge in [-0.05, 0) is 12.1 Å². The summed E-state index contributed by atoms with van der Waals surface area (Å²) in [4.78, 5) is 27.9. The van der Waals surface area contributed by atoms with Gasteiger partial charge in [-0.1, -0.05) is 0 Å². The summed E-state index contributed by atoms with van der Waals surface area (Å²) in [5.74, 6) is 2.01. The maximum Gasteiger partial charge on any atom is 0.273 e. The quantitative estimate of drug-likeness (QED) is 0.240. The van der Waals surface area contributed by atoms with Crippen LogP contribution in [0, 0.1) is 5.82 Å². The van der Waals surface area contributed by atoms with Crippen molar-refractivity contribution in [1.29, 1.82) is 0 Å². The molecule has 0 aliphatic carbocycles. The Bertz CT molecular complexity index is 1520. The highest BCUT2D eigenvalue weighted by Gasteiger charge is 2.19. The number of halogens is 1. The zero-order chi connectivity index (χ0) is 28.7. The molecule has 1 fully saturated rings. The second kappa shape index (κ2) is 13.3. The average molecular weight is 580 g/mol. The van der Waals surface area contributed by atoms with E-state index >= 15 is 0 Å². The Balaban J connectivity index is 1.02. The molecule has 42 heavy (non-hydrogen) atoms. The van der Waals surface area contributed by atoms with E-state index < -0.39 is 11.7 Å². The van der Waals surface area contributed by atoms with Crippen molar-refractivity contribution in [3.8, 4) is 11.5 Å². The van der Waals surface area contributed by atoms with Crippen molar-refractivity contribution in [1.82, 2.24) is 35.1 Å². The molecule has 1 aromatic carbocycles. The first-order chi connectivity index (χ1) is 20.6. The smallest absolute Gasteiger partial charge is 0.273 e. The Labute approximate surface area is 242 Å². The molecule has 13 heteroatoms. The first kappa shape index (κ1) is 28.1. The molecule has 4 aromatic rings. The number of hydrogen-bond acceptors (Lipinski definition) is 10. The predicted molar refractivity (Wildman–Crippen MR) is 150 cm³/mol. The van der Waals surface area contributed by atoms with Crippen LogP contribution in [0.5, 0.6) is 11.5 Å². The number of fused-ring (bicyclic) bond motifs is 2. The molecule has 1 saturated heterocycles. The summed E-state index contributed by atoms with van der Waals surface area (Å²) in [6.45, 7) is 7.50. The lowest BCUT2D eigenvalue weighted by atomic mass is 10.2. The first-order valence-electron chi connectivity index (χ1n) is 14.3. The summed E-state index contributed by atoms with van der Waals surface area (Å²) in [6.07, 6.45) is 4.03. The standard InChI is InChI=1S/C29H34FN7O5/c30-20-2-1-5-32-22(20)18-33-29(38)23-19-42-28(35-23)4-7-31-6-3-27-34-21-16-25-26(41-15-14-40-25)17-24(21)37(27)9-8-36-10-12-39-13-11-36/h1-2,5,16-17,19,31H,3-4,6-15,18H2,(H,33,38). The lowest BCUT2D eigenvalue weighted by Crippen LogP contribution is -2.38. The second-order valence-electron chi connectivity index (χ2n) is 10.1. The van der Waals surface area contributed by atoms with Gasteiger partial charge < -0.3 is 33.8 Å². The Morgan fingerprint density at radius 1 is 1.00 bits per heavy atom. The van der Waals surface area contributed by atoms with Crippen LogP contribution < -0.4 is 20.1 Å². The van der Waals surface area contributed by atoms with E-state index in [1.165, 1.54) is 24.6 Å². The van der Waals surface area contributed by atoms with Gasteiger partial charge in [0.25, 0.3) is 5.91 Å². The zero-order valence-electron chi connectivity index (χ0n) is 23.3. The highest BCUT2D eigenvalue weighted by Crippen LogP contribution is 2.35. The van der Waals surface area contributed by atoms with Gasteiger partial charge >= 0.3 is 0 Å². The minimum Gasteiger partial charge on any atom is -0.486 e. The molecule has 222 valence electrons. The Kier molecular flexibility index (Phi) is 8.87. The number of pyridine rings is 1. The Morgan fingerprint density at radius 2 is 1.81 bits per heavy atom. The third kappa shape index (κ3) is 6.69. The van der Waals surface area contributed by atoms with Gasteiger partial charge in [-0.25, -0.2) is 14.4 Å². The van der Waals surface area contributed by atoms with Gasteiger partial charge in [0.15, 0.2) is 23.1 Å². The highest BCUT2D eigenvalue weighted by molar-refractivity contribution is 5.91. The summed E-state index contributed by atoms with van der Waals surface area (Å²) in [5.41, 5.74) is 2.24. The van der Waals surface area contributed by atoms with Crippen LogP contribution in [0.15, 0.2) is 41.1 Å². The molecule has 2 aliphatic rings. The number of nitrogens with zero attached hydrogens (tertiary/aromatic N) is 5. The molecular formula is C29H34FN7O5. The molecule has 0 saturated carbocycles. The summed E-state index contributed by atoms with van der Waals surface area (Å²) in [5, 5.41) is 6.04. The number of hydrogen-bond donors (Lipinski definition) is 2. The first-order valence-corrected chi connectivity index (χ1v) is 14.3. The van der Waals surface area contributed by atoms with Gasteiger partial charge in [0.2, 0.25) is 0 Å². The van der Waals surface area contributed by atoms with Crippen LogP contribution in [0.25, 0.3) is 11.0 Å². The van der Waals surface area contributed by atoms with Gasteiger partial charge in [0.1, 0.15) is 31.1 Å². The van der Waals surface area contributed by atoms with Crippen molar-refractivity contribution >= 4 is 16.9 Å². The number of morpholine rings is 1. The summed E-state index contributed by atoms with van der Waals surface area (Å²) >= 11 is 0. The monoisotopic (exact) mass is 579 g/mol. The maximum atomic E-state index is 13.7.